The van der Waals surface area contributed by atoms with Gasteiger partial charge < -0.3 is 4.98 Å². The minimum absolute atomic E-state index is 0.612. The first-order valence-corrected chi connectivity index (χ1v) is 4.73. The van der Waals surface area contributed by atoms with Crippen LogP contribution >= 0.6 is 0 Å². The first-order chi connectivity index (χ1) is 4.79. The Morgan fingerprint density at radius 3 is 2.40 bits per heavy atom. The van der Waals surface area contributed by atoms with Gasteiger partial charge in [-0.2, -0.15) is 0 Å². The van der Waals surface area contributed by atoms with E-state index in [1.807, 2.05) is 0 Å². The summed E-state index contributed by atoms with van der Waals surface area (Å²) in [4.78, 5) is 3.41. The Morgan fingerprint density at radius 1 is 1.30 bits per heavy atom. The van der Waals surface area contributed by atoms with Crippen molar-refractivity contribution in [2.24, 2.45) is 0 Å². The van der Waals surface area contributed by atoms with E-state index in [4.69, 9.17) is 0 Å². The van der Waals surface area contributed by atoms with Gasteiger partial charge in [0.1, 0.15) is 0 Å². The third-order valence-electron chi connectivity index (χ3n) is 1.29. The van der Waals surface area contributed by atoms with Gasteiger partial charge in [-0.05, 0) is 6.04 Å². The van der Waals surface area contributed by atoms with Crippen molar-refractivity contribution >= 4 is 9.68 Å². The molecule has 1 aliphatic carbocycles. The fraction of sp³-hybridized carbons (Fsp3) is 0.500. The molecule has 1 N–H and O–H groups in total. The highest BCUT2D eigenvalue weighted by Gasteiger charge is 2.04. The van der Waals surface area contributed by atoms with Crippen LogP contribution in [-0.4, -0.2) is 15.7 Å². The fourth-order valence-corrected chi connectivity index (χ4v) is 1.73. The average Bonchev–Trinajstić information content (AvgIpc) is 2.34. The molecule has 0 unspecified atom stereocenters. The van der Waals surface area contributed by atoms with Crippen LogP contribution in [0, 0.1) is 0 Å². The highest BCUT2D eigenvalue weighted by molar-refractivity contribution is 6.36. The molecule has 0 aliphatic heterocycles. The Hall–Kier alpha value is -0.343. The Kier molecular flexibility index (Phi) is 2.90. The molecule has 54 valence electrons. The van der Waals surface area contributed by atoms with Crippen molar-refractivity contribution < 1.29 is 0 Å². The van der Waals surface area contributed by atoms with E-state index in [2.05, 4.69) is 43.1 Å². The second-order valence-electron chi connectivity index (χ2n) is 2.74. The molecule has 2 radical (unpaired) electrons. The van der Waals surface area contributed by atoms with E-state index >= 15 is 0 Å². The summed E-state index contributed by atoms with van der Waals surface area (Å²) in [6, 6.07) is 0.612. The molecule has 1 aliphatic rings. The van der Waals surface area contributed by atoms with Crippen LogP contribution in [0.15, 0.2) is 24.3 Å². The molecule has 0 fully saturated rings. The van der Waals surface area contributed by atoms with Gasteiger partial charge in [-0.1, -0.05) is 38.2 Å². The van der Waals surface area contributed by atoms with E-state index in [0.29, 0.717) is 11.6 Å². The first-order valence-electron chi connectivity index (χ1n) is 3.65. The molecule has 10 heavy (non-hydrogen) atoms. The van der Waals surface area contributed by atoms with E-state index < -0.39 is 0 Å². The van der Waals surface area contributed by atoms with Crippen LogP contribution in [-0.2, 0) is 0 Å². The predicted octanol–water partition coefficient (Wildman–Crippen LogP) is 1.52. The van der Waals surface area contributed by atoms with Gasteiger partial charge in [0, 0.05) is 5.54 Å². The van der Waals surface area contributed by atoms with Crippen molar-refractivity contribution in [1.29, 1.82) is 0 Å². The van der Waals surface area contributed by atoms with Gasteiger partial charge in [-0.3, -0.25) is 0 Å². The van der Waals surface area contributed by atoms with E-state index in [9.17, 15) is 0 Å². The fourth-order valence-electron chi connectivity index (χ4n) is 0.791. The topological polar surface area (TPSA) is 12.0 Å². The van der Waals surface area contributed by atoms with E-state index in [1.165, 1.54) is 0 Å². The number of rotatable bonds is 3. The van der Waals surface area contributed by atoms with Gasteiger partial charge in [0.2, 0.25) is 0 Å². The summed E-state index contributed by atoms with van der Waals surface area (Å²) < 4.78 is 0. The molecule has 1 rings (SSSR count). The van der Waals surface area contributed by atoms with Crippen molar-refractivity contribution in [3.05, 3.63) is 24.3 Å². The standard InChI is InChI=1S/C8H13NSi/c1-7(2)9-10-8-5-3-4-6-8/h3-9H,1-2H3. The lowest BCUT2D eigenvalue weighted by molar-refractivity contribution is 0.749. The lowest BCUT2D eigenvalue weighted by Gasteiger charge is -2.08. The lowest BCUT2D eigenvalue weighted by Crippen LogP contribution is -2.28. The van der Waals surface area contributed by atoms with Crippen molar-refractivity contribution in [3.63, 3.8) is 0 Å². The van der Waals surface area contributed by atoms with Crippen LogP contribution < -0.4 is 4.98 Å². The zero-order chi connectivity index (χ0) is 7.40. The molecule has 2 heteroatoms. The molecular weight excluding hydrogens is 138 g/mol. The van der Waals surface area contributed by atoms with Crippen LogP contribution in [0.4, 0.5) is 0 Å². The molecule has 0 heterocycles. The minimum Gasteiger partial charge on any atom is -0.336 e. The number of allylic oxidation sites excluding steroid dienone is 4. The molecule has 0 aromatic rings. The molecule has 0 aromatic heterocycles. The van der Waals surface area contributed by atoms with Gasteiger partial charge in [0.05, 0.1) is 0 Å². The molecular formula is C8H13NSi. The van der Waals surface area contributed by atoms with Crippen molar-refractivity contribution in [2.45, 2.75) is 25.4 Å². The van der Waals surface area contributed by atoms with Crippen LogP contribution in [0.1, 0.15) is 13.8 Å². The van der Waals surface area contributed by atoms with E-state index in [-0.39, 0.29) is 0 Å². The normalized spacial score (nSPS) is 17.5. The molecule has 0 aromatic carbocycles. The van der Waals surface area contributed by atoms with Crippen molar-refractivity contribution in [1.82, 2.24) is 4.98 Å². The molecule has 0 atom stereocenters. The average molecular weight is 151 g/mol. The van der Waals surface area contributed by atoms with Crippen molar-refractivity contribution in [2.75, 3.05) is 0 Å². The second kappa shape index (κ2) is 3.74. The molecule has 0 saturated heterocycles. The maximum Gasteiger partial charge on any atom is 0.151 e. The predicted molar refractivity (Wildman–Crippen MR) is 46.1 cm³/mol. The molecule has 0 saturated carbocycles. The number of hydrogen-bond donors (Lipinski definition) is 1. The van der Waals surface area contributed by atoms with Gasteiger partial charge in [-0.25, -0.2) is 0 Å². The molecule has 1 nitrogen and oxygen atoms in total. The molecule has 0 amide bonds. The Labute approximate surface area is 65.1 Å². The van der Waals surface area contributed by atoms with Gasteiger partial charge in [-0.15, -0.1) is 0 Å². The van der Waals surface area contributed by atoms with Crippen LogP contribution in [0.2, 0.25) is 5.54 Å². The monoisotopic (exact) mass is 151 g/mol. The lowest BCUT2D eigenvalue weighted by atomic mass is 10.4. The summed E-state index contributed by atoms with van der Waals surface area (Å²) in [6.45, 7) is 4.35. The molecule has 0 spiro atoms. The first kappa shape index (κ1) is 7.76. The summed E-state index contributed by atoms with van der Waals surface area (Å²) >= 11 is 0. The Morgan fingerprint density at radius 2 is 1.90 bits per heavy atom. The maximum absolute atomic E-state index is 3.41. The summed E-state index contributed by atoms with van der Waals surface area (Å²) in [6.07, 6.45) is 8.68. The zero-order valence-electron chi connectivity index (χ0n) is 6.46. The van der Waals surface area contributed by atoms with E-state index in [1.54, 1.807) is 0 Å². The highest BCUT2D eigenvalue weighted by atomic mass is 28.2. The Balaban J connectivity index is 2.14. The minimum atomic E-state index is 0.612. The van der Waals surface area contributed by atoms with Gasteiger partial charge >= 0.3 is 0 Å². The van der Waals surface area contributed by atoms with Gasteiger partial charge in [0.25, 0.3) is 0 Å². The van der Waals surface area contributed by atoms with Crippen LogP contribution in [0.5, 0.6) is 0 Å². The quantitative estimate of drug-likeness (QED) is 0.603. The summed E-state index contributed by atoms with van der Waals surface area (Å²) in [7, 11) is 0.843. The largest absolute Gasteiger partial charge is 0.336 e. The molecule has 0 bridgehead atoms. The summed E-state index contributed by atoms with van der Waals surface area (Å²) in [5.74, 6) is 0. The smallest absolute Gasteiger partial charge is 0.151 e. The number of nitrogens with one attached hydrogen (secondary N) is 1. The summed E-state index contributed by atoms with van der Waals surface area (Å²) in [5, 5.41) is 0. The SMILES string of the molecule is CC(C)N[Si]C1C=CC=C1. The second-order valence-corrected chi connectivity index (χ2v) is 3.98. The maximum atomic E-state index is 3.41. The third kappa shape index (κ3) is 2.50. The van der Waals surface area contributed by atoms with Crippen LogP contribution in [0.25, 0.3) is 0 Å². The summed E-state index contributed by atoms with van der Waals surface area (Å²) in [5.41, 5.74) is 0.655. The van der Waals surface area contributed by atoms with Gasteiger partial charge in [0.15, 0.2) is 9.68 Å². The zero-order valence-corrected chi connectivity index (χ0v) is 7.46. The van der Waals surface area contributed by atoms with Crippen molar-refractivity contribution in [3.8, 4) is 0 Å². The van der Waals surface area contributed by atoms with E-state index in [0.717, 1.165) is 9.68 Å². The Bertz CT molecular complexity index is 137. The highest BCUT2D eigenvalue weighted by Crippen LogP contribution is 2.11. The van der Waals surface area contributed by atoms with Crippen LogP contribution in [0.3, 0.4) is 0 Å². The number of hydrogen-bond acceptors (Lipinski definition) is 1. The third-order valence-corrected chi connectivity index (χ3v) is 2.75.